The standard InChI is InChI=1S/C14H18Cl2N2.2ClH/c15-13-4-3-12(9-14(13)16)18-7-5-17(6-8-18)10-11-1-2-11;;/h3-4,9,11H,1-2,5-8,10H2;2*1H. The van der Waals surface area contributed by atoms with E-state index < -0.39 is 0 Å². The molecular formula is C14H20Cl4N2. The van der Waals surface area contributed by atoms with Crippen LogP contribution >= 0.6 is 48.0 Å². The third-order valence-electron chi connectivity index (χ3n) is 3.85. The molecule has 2 fully saturated rings. The molecule has 1 aliphatic heterocycles. The molecule has 1 aromatic rings. The van der Waals surface area contributed by atoms with Crippen LogP contribution in [0.25, 0.3) is 0 Å². The van der Waals surface area contributed by atoms with Crippen molar-refractivity contribution in [3.63, 3.8) is 0 Å². The van der Waals surface area contributed by atoms with Crippen molar-refractivity contribution in [1.29, 1.82) is 0 Å². The average molecular weight is 358 g/mol. The Morgan fingerprint density at radius 3 is 2.15 bits per heavy atom. The second kappa shape index (κ2) is 7.95. The Bertz CT molecular complexity index is 429. The fourth-order valence-electron chi connectivity index (χ4n) is 2.54. The molecule has 0 N–H and O–H groups in total. The van der Waals surface area contributed by atoms with Crippen LogP contribution in [0.1, 0.15) is 12.8 Å². The van der Waals surface area contributed by atoms with Gasteiger partial charge in [0.2, 0.25) is 0 Å². The van der Waals surface area contributed by atoms with Crippen LogP contribution in [0.15, 0.2) is 18.2 Å². The van der Waals surface area contributed by atoms with Gasteiger partial charge < -0.3 is 4.90 Å². The molecule has 0 amide bonds. The number of halogens is 4. The first-order valence-corrected chi connectivity index (χ1v) is 7.40. The largest absolute Gasteiger partial charge is 0.369 e. The molecule has 1 heterocycles. The fraction of sp³-hybridized carbons (Fsp3) is 0.571. The van der Waals surface area contributed by atoms with E-state index in [9.17, 15) is 0 Å². The number of hydrogen-bond acceptors (Lipinski definition) is 2. The SMILES string of the molecule is Cl.Cl.Clc1ccc(N2CCN(CC3CC3)CC2)cc1Cl. The Morgan fingerprint density at radius 1 is 0.950 bits per heavy atom. The van der Waals surface area contributed by atoms with E-state index in [1.165, 1.54) is 25.1 Å². The van der Waals surface area contributed by atoms with Crippen molar-refractivity contribution in [3.05, 3.63) is 28.2 Å². The van der Waals surface area contributed by atoms with Crippen LogP contribution in [0.5, 0.6) is 0 Å². The molecule has 6 heteroatoms. The molecule has 0 unspecified atom stereocenters. The Kier molecular flexibility index (Phi) is 7.23. The number of benzene rings is 1. The zero-order valence-corrected chi connectivity index (χ0v) is 14.4. The molecule has 0 spiro atoms. The van der Waals surface area contributed by atoms with Crippen LogP contribution in [0.4, 0.5) is 5.69 Å². The Balaban J connectivity index is 0.000001000. The monoisotopic (exact) mass is 356 g/mol. The maximum atomic E-state index is 6.07. The topological polar surface area (TPSA) is 6.48 Å². The molecule has 1 saturated heterocycles. The summed E-state index contributed by atoms with van der Waals surface area (Å²) in [6, 6.07) is 5.92. The summed E-state index contributed by atoms with van der Waals surface area (Å²) in [5.74, 6) is 0.988. The molecule has 3 rings (SSSR count). The summed E-state index contributed by atoms with van der Waals surface area (Å²) in [5, 5.41) is 1.28. The summed E-state index contributed by atoms with van der Waals surface area (Å²) in [7, 11) is 0. The Labute approximate surface area is 143 Å². The van der Waals surface area contributed by atoms with Crippen LogP contribution in [0, 0.1) is 5.92 Å². The first kappa shape index (κ1) is 18.2. The smallest absolute Gasteiger partial charge is 0.0612 e. The van der Waals surface area contributed by atoms with E-state index in [2.05, 4.69) is 15.9 Å². The molecule has 0 atom stereocenters. The Morgan fingerprint density at radius 2 is 1.60 bits per heavy atom. The molecule has 1 aromatic carbocycles. The minimum atomic E-state index is 0. The number of anilines is 1. The molecule has 20 heavy (non-hydrogen) atoms. The molecule has 2 aliphatic rings. The fourth-order valence-corrected chi connectivity index (χ4v) is 2.83. The highest BCUT2D eigenvalue weighted by atomic mass is 35.5. The predicted octanol–water partition coefficient (Wildman–Crippen LogP) is 4.37. The lowest BCUT2D eigenvalue weighted by atomic mass is 10.2. The van der Waals surface area contributed by atoms with Gasteiger partial charge in [-0.3, -0.25) is 4.90 Å². The summed E-state index contributed by atoms with van der Waals surface area (Å²) in [6.45, 7) is 5.80. The van der Waals surface area contributed by atoms with Gasteiger partial charge in [-0.1, -0.05) is 23.2 Å². The zero-order chi connectivity index (χ0) is 12.5. The lowest BCUT2D eigenvalue weighted by Gasteiger charge is -2.36. The first-order valence-electron chi connectivity index (χ1n) is 6.65. The van der Waals surface area contributed by atoms with Crippen LogP contribution in [0.3, 0.4) is 0 Å². The van der Waals surface area contributed by atoms with Gasteiger partial charge in [-0.15, -0.1) is 24.8 Å². The summed E-state index contributed by atoms with van der Waals surface area (Å²) in [4.78, 5) is 4.98. The van der Waals surface area contributed by atoms with E-state index in [1.807, 2.05) is 12.1 Å². The highest BCUT2D eigenvalue weighted by Crippen LogP contribution is 2.31. The summed E-state index contributed by atoms with van der Waals surface area (Å²) >= 11 is 12.0. The molecule has 0 bridgehead atoms. The van der Waals surface area contributed by atoms with Gasteiger partial charge in [-0.25, -0.2) is 0 Å². The van der Waals surface area contributed by atoms with Gasteiger partial charge >= 0.3 is 0 Å². The molecule has 2 nitrogen and oxygen atoms in total. The highest BCUT2D eigenvalue weighted by Gasteiger charge is 2.26. The van der Waals surface area contributed by atoms with E-state index in [1.54, 1.807) is 0 Å². The van der Waals surface area contributed by atoms with E-state index in [4.69, 9.17) is 23.2 Å². The molecular weight excluding hydrogens is 338 g/mol. The maximum Gasteiger partial charge on any atom is 0.0612 e. The minimum Gasteiger partial charge on any atom is -0.369 e. The van der Waals surface area contributed by atoms with Crippen molar-refractivity contribution in [3.8, 4) is 0 Å². The first-order chi connectivity index (χ1) is 8.72. The van der Waals surface area contributed by atoms with E-state index in [0.29, 0.717) is 10.0 Å². The van der Waals surface area contributed by atoms with Crippen LogP contribution in [-0.2, 0) is 0 Å². The molecule has 1 saturated carbocycles. The Hall–Kier alpha value is 0.140. The zero-order valence-electron chi connectivity index (χ0n) is 11.2. The van der Waals surface area contributed by atoms with Gasteiger partial charge in [0.1, 0.15) is 0 Å². The van der Waals surface area contributed by atoms with E-state index in [-0.39, 0.29) is 24.8 Å². The highest BCUT2D eigenvalue weighted by molar-refractivity contribution is 6.42. The molecule has 114 valence electrons. The second-order valence-electron chi connectivity index (χ2n) is 5.33. The van der Waals surface area contributed by atoms with Crippen molar-refractivity contribution >= 4 is 53.7 Å². The predicted molar refractivity (Wildman–Crippen MR) is 92.3 cm³/mol. The normalized spacial score (nSPS) is 19.2. The van der Waals surface area contributed by atoms with Gasteiger partial charge in [-0.2, -0.15) is 0 Å². The lowest BCUT2D eigenvalue weighted by molar-refractivity contribution is 0.248. The molecule has 0 radical (unpaired) electrons. The number of hydrogen-bond donors (Lipinski definition) is 0. The quantitative estimate of drug-likeness (QED) is 0.792. The minimum absolute atomic E-state index is 0. The van der Waals surface area contributed by atoms with Crippen LogP contribution in [0.2, 0.25) is 10.0 Å². The third kappa shape index (κ3) is 4.57. The van der Waals surface area contributed by atoms with Gasteiger partial charge in [0.15, 0.2) is 0 Å². The molecule has 1 aliphatic carbocycles. The summed E-state index contributed by atoms with van der Waals surface area (Å²) in [5.41, 5.74) is 1.19. The van der Waals surface area contributed by atoms with Gasteiger partial charge in [0.05, 0.1) is 10.0 Å². The van der Waals surface area contributed by atoms with Crippen LogP contribution in [-0.4, -0.2) is 37.6 Å². The maximum absolute atomic E-state index is 6.07. The number of nitrogens with zero attached hydrogens (tertiary/aromatic N) is 2. The van der Waals surface area contributed by atoms with Crippen molar-refractivity contribution < 1.29 is 0 Å². The summed E-state index contributed by atoms with van der Waals surface area (Å²) < 4.78 is 0. The van der Waals surface area contributed by atoms with Gasteiger partial charge in [-0.05, 0) is 37.0 Å². The van der Waals surface area contributed by atoms with Gasteiger partial charge in [0, 0.05) is 38.4 Å². The summed E-state index contributed by atoms with van der Waals surface area (Å²) in [6.07, 6.45) is 2.88. The van der Waals surface area contributed by atoms with Crippen molar-refractivity contribution in [2.75, 3.05) is 37.6 Å². The van der Waals surface area contributed by atoms with E-state index >= 15 is 0 Å². The third-order valence-corrected chi connectivity index (χ3v) is 4.59. The second-order valence-corrected chi connectivity index (χ2v) is 6.14. The average Bonchev–Trinajstić information content (AvgIpc) is 3.18. The van der Waals surface area contributed by atoms with Gasteiger partial charge in [0.25, 0.3) is 0 Å². The van der Waals surface area contributed by atoms with Crippen molar-refractivity contribution in [1.82, 2.24) is 4.90 Å². The van der Waals surface area contributed by atoms with Crippen molar-refractivity contribution in [2.45, 2.75) is 12.8 Å². The number of piperazine rings is 1. The number of rotatable bonds is 3. The molecule has 0 aromatic heterocycles. The van der Waals surface area contributed by atoms with Crippen molar-refractivity contribution in [2.24, 2.45) is 5.92 Å². The van der Waals surface area contributed by atoms with Crippen LogP contribution < -0.4 is 4.90 Å². The van der Waals surface area contributed by atoms with E-state index in [0.717, 1.165) is 32.1 Å². The lowest BCUT2D eigenvalue weighted by Crippen LogP contribution is -2.47.